The van der Waals surface area contributed by atoms with Gasteiger partial charge in [0.05, 0.1) is 61.1 Å². The lowest BCUT2D eigenvalue weighted by Gasteiger charge is -2.35. The van der Waals surface area contributed by atoms with Crippen molar-refractivity contribution in [2.45, 2.75) is 59.7 Å². The number of hydrogen-bond donors (Lipinski definition) is 1. The van der Waals surface area contributed by atoms with Gasteiger partial charge in [-0.05, 0) is 19.3 Å². The lowest BCUT2D eigenvalue weighted by Crippen LogP contribution is -2.55. The summed E-state index contributed by atoms with van der Waals surface area (Å²) in [7, 11) is 0. The fraction of sp³-hybridized carbons (Fsp3) is 0.386. The second-order valence-corrected chi connectivity index (χ2v) is 26.0. The van der Waals surface area contributed by atoms with Gasteiger partial charge in [0.1, 0.15) is 118 Å². The molecule has 0 atom stereocenters. The van der Waals surface area contributed by atoms with Crippen molar-refractivity contribution >= 4 is 101 Å². The van der Waals surface area contributed by atoms with E-state index in [0.717, 1.165) is 103 Å². The van der Waals surface area contributed by atoms with Crippen molar-refractivity contribution in [2.75, 3.05) is 132 Å². The highest BCUT2D eigenvalue weighted by molar-refractivity contribution is 5.87. The van der Waals surface area contributed by atoms with Gasteiger partial charge in [-0.1, -0.05) is 133 Å². The molecule has 0 spiro atoms. The number of nitrogens with zero attached hydrogens (tertiary/aromatic N) is 3. The average Bonchev–Trinajstić information content (AvgIpc) is 0.782. The summed E-state index contributed by atoms with van der Waals surface area (Å²) in [6, 6.07) is 0. The fourth-order valence-electron chi connectivity index (χ4n) is 8.40. The highest BCUT2D eigenvalue weighted by Gasteiger charge is 2.40. The van der Waals surface area contributed by atoms with E-state index in [1.165, 1.54) is 0 Å². The Kier molecular flexibility index (Phi) is 64.5. The second-order valence-electron chi connectivity index (χ2n) is 26.0. The standard InChI is InChI=1S/C24H34O9.C18H21N3O9.C17H20O8.C15H20O6.C14H18O7/c1-7-19(25)30-15-23(11-5,16-31-20(26)8-2)13-29-14-24(12-6,17-32-21(27)9-3)18-33-22(28)10-4;1-4-13(22)28-10-7-19-16(25)20(8-11-29-14(23)5-2)18(27)21(17(19)26)9-12-30-15(24)6-3;1-5-13(18)22-9-17(10-23-14(19)6-2,11-24-15(20)7-3)12-25-16(21)8-4;1-5-12(16)19-9-15(8-4,10-20-13(17)6-2)11-21-14(18)7-3;1-4-11(16)19-8-14(7-15,9-20-12(17)5-2)10-21-13(18)6-3/h7-10H,1-4,11-18H2,5-6H3;4-6H,1-3,7-12H2;5-8H,1-4,9-12H2;5-7H,1-3,8-11H2,4H3;4-6,15H,1-3,7-10H2. The number of hydrogen-bond acceptors (Lipinski definition) is 39. The maximum Gasteiger partial charge on any atom is 0.336 e. The van der Waals surface area contributed by atoms with E-state index < -0.39 is 152 Å². The van der Waals surface area contributed by atoms with Crippen LogP contribution in [0.3, 0.4) is 0 Å². The summed E-state index contributed by atoms with van der Waals surface area (Å²) in [5, 5.41) is 9.48. The Labute approximate surface area is 749 Å². The first kappa shape index (κ1) is 121. The molecule has 1 rings (SSSR count). The number of carbonyl (C=O) groups is 17. The number of aliphatic hydroxyl groups excluding tert-OH is 1. The lowest BCUT2D eigenvalue weighted by atomic mass is 9.86. The van der Waals surface area contributed by atoms with E-state index in [2.05, 4.69) is 112 Å². The molecule has 0 radical (unpaired) electrons. The van der Waals surface area contributed by atoms with Gasteiger partial charge < -0.3 is 90.4 Å². The molecule has 1 N–H and O–H groups in total. The van der Waals surface area contributed by atoms with Gasteiger partial charge >= 0.3 is 119 Å². The predicted octanol–water partition coefficient (Wildman–Crippen LogP) is 3.68. The van der Waals surface area contributed by atoms with Crippen LogP contribution >= 0.6 is 0 Å². The van der Waals surface area contributed by atoms with Gasteiger partial charge in [-0.2, -0.15) is 0 Å². The Morgan fingerprint density at radius 3 is 0.469 bits per heavy atom. The molecule has 130 heavy (non-hydrogen) atoms. The summed E-state index contributed by atoms with van der Waals surface area (Å²) in [4.78, 5) is 230. The van der Waals surface area contributed by atoms with Gasteiger partial charge in [0.25, 0.3) is 0 Å². The SMILES string of the molecule is C=CC(=O)OCC(CC)(COC(=O)C=C)COC(=O)C=C.C=CC(=O)OCC(CC)(COCC(CC)(COC(=O)C=C)COC(=O)C=C)COC(=O)C=C.C=CC(=O)OCC(CO)(COC(=O)C=C)COC(=O)C=C.C=CC(=O)OCC(COC(=O)C=C)(COC(=O)C=C)COC(=O)C=C.C=CC(=O)OCCn1c(=O)n(CCOC(=O)C=C)c(=O)n(CCOC(=O)C=C)c1=O. The number of carbonyl (C=O) groups excluding carboxylic acids is 17. The minimum Gasteiger partial charge on any atom is -0.462 e. The number of esters is 17. The largest absolute Gasteiger partial charge is 0.462 e. The van der Waals surface area contributed by atoms with Gasteiger partial charge in [0, 0.05) is 103 Å². The van der Waals surface area contributed by atoms with Crippen LogP contribution in [0.25, 0.3) is 0 Å². The van der Waals surface area contributed by atoms with Crippen LogP contribution in [-0.4, -0.2) is 252 Å². The molecule has 0 saturated heterocycles. The van der Waals surface area contributed by atoms with E-state index in [9.17, 15) is 101 Å². The number of rotatable bonds is 62. The highest BCUT2D eigenvalue weighted by Crippen LogP contribution is 2.30. The smallest absolute Gasteiger partial charge is 0.336 e. The summed E-state index contributed by atoms with van der Waals surface area (Å²) in [5.74, 6) is -11.8. The van der Waals surface area contributed by atoms with Crippen LogP contribution < -0.4 is 17.1 Å². The van der Waals surface area contributed by atoms with E-state index in [4.69, 9.17) is 85.3 Å². The van der Waals surface area contributed by atoms with Crippen LogP contribution in [-0.2, 0) is 186 Å². The molecule has 0 aliphatic rings. The molecular formula is C88H113N3O39. The lowest BCUT2D eigenvalue weighted by molar-refractivity contribution is -0.166. The van der Waals surface area contributed by atoms with Crippen molar-refractivity contribution in [3.8, 4) is 0 Å². The summed E-state index contributed by atoms with van der Waals surface area (Å²) in [6.45, 7) is 55.5. The number of ether oxygens (including phenoxy) is 18. The molecule has 0 amide bonds. The van der Waals surface area contributed by atoms with Crippen molar-refractivity contribution < 1.29 is 172 Å². The summed E-state index contributed by atoms with van der Waals surface area (Å²) in [5.41, 5.74) is -8.14. The van der Waals surface area contributed by atoms with Crippen molar-refractivity contribution in [1.29, 1.82) is 0 Å². The first-order chi connectivity index (χ1) is 61.6. The average molecular weight is 1840 g/mol. The molecule has 1 heterocycles. The molecule has 42 nitrogen and oxygen atoms in total. The Morgan fingerprint density at radius 1 is 0.215 bits per heavy atom. The van der Waals surface area contributed by atoms with Gasteiger partial charge in [-0.15, -0.1) is 0 Å². The topological polar surface area (TPSA) is 543 Å². The maximum atomic E-state index is 12.6. The summed E-state index contributed by atoms with van der Waals surface area (Å²) in [6.07, 6.45) is 17.7. The molecule has 0 unspecified atom stereocenters. The second kappa shape index (κ2) is 69.1. The molecule has 0 saturated carbocycles. The van der Waals surface area contributed by atoms with Crippen molar-refractivity contribution in [2.24, 2.45) is 27.1 Å². The molecule has 0 aliphatic heterocycles. The molecule has 714 valence electrons. The highest BCUT2D eigenvalue weighted by atomic mass is 16.6. The van der Waals surface area contributed by atoms with Crippen molar-refractivity contribution in [1.82, 2.24) is 13.7 Å². The van der Waals surface area contributed by atoms with Gasteiger partial charge in [0.2, 0.25) is 0 Å². The summed E-state index contributed by atoms with van der Waals surface area (Å²) < 4.78 is 92.2. The molecule has 0 bridgehead atoms. The van der Waals surface area contributed by atoms with Gasteiger partial charge in [-0.25, -0.2) is 110 Å². The molecule has 0 fully saturated rings. The summed E-state index contributed by atoms with van der Waals surface area (Å²) >= 11 is 0. The zero-order valence-corrected chi connectivity index (χ0v) is 73.0. The third-order valence-electron chi connectivity index (χ3n) is 16.6. The third kappa shape index (κ3) is 52.0. The van der Waals surface area contributed by atoms with Gasteiger partial charge in [0.15, 0.2) is 0 Å². The van der Waals surface area contributed by atoms with Gasteiger partial charge in [-0.3, -0.25) is 0 Å². The molecule has 1 aromatic heterocycles. The van der Waals surface area contributed by atoms with Crippen molar-refractivity contribution in [3.63, 3.8) is 0 Å². The Balaban J connectivity index is -0.000000772. The van der Waals surface area contributed by atoms with Crippen LogP contribution in [0, 0.1) is 27.1 Å². The van der Waals surface area contributed by atoms with Crippen LogP contribution in [0.15, 0.2) is 230 Å². The van der Waals surface area contributed by atoms with Crippen LogP contribution in [0.1, 0.15) is 40.0 Å². The zero-order chi connectivity index (χ0) is 99.9. The van der Waals surface area contributed by atoms with E-state index >= 15 is 0 Å². The van der Waals surface area contributed by atoms with E-state index in [0.29, 0.717) is 33.0 Å². The maximum absolute atomic E-state index is 12.6. The first-order valence-corrected chi connectivity index (χ1v) is 38.2. The van der Waals surface area contributed by atoms with Crippen LogP contribution in [0.4, 0.5) is 0 Å². The molecule has 0 aliphatic carbocycles. The Bertz CT molecular complexity index is 3820. The zero-order valence-electron chi connectivity index (χ0n) is 73.0. The molecule has 42 heteroatoms. The molecular weight excluding hydrogens is 1720 g/mol. The van der Waals surface area contributed by atoms with Crippen molar-refractivity contribution in [3.05, 3.63) is 247 Å². The minimum absolute atomic E-state index is 0.0326. The third-order valence-corrected chi connectivity index (χ3v) is 16.6. The predicted molar refractivity (Wildman–Crippen MR) is 460 cm³/mol. The Morgan fingerprint density at radius 2 is 0.338 bits per heavy atom. The fourth-order valence-corrected chi connectivity index (χ4v) is 8.40. The van der Waals surface area contributed by atoms with E-state index in [1.54, 1.807) is 6.92 Å². The van der Waals surface area contributed by atoms with E-state index in [1.807, 2.05) is 13.8 Å². The first-order valence-electron chi connectivity index (χ1n) is 38.2. The molecule has 0 aromatic carbocycles. The monoisotopic (exact) mass is 1840 g/mol. The minimum atomic E-state index is -1.34. The van der Waals surface area contributed by atoms with Crippen LogP contribution in [0.2, 0.25) is 0 Å². The number of aromatic nitrogens is 3. The van der Waals surface area contributed by atoms with E-state index in [-0.39, 0.29) is 145 Å². The quantitative estimate of drug-likeness (QED) is 0.0552. The number of aliphatic hydroxyl groups is 1. The Hall–Kier alpha value is -15.1. The van der Waals surface area contributed by atoms with Crippen LogP contribution in [0.5, 0.6) is 0 Å². The normalized spacial score (nSPS) is 10.3. The molecule has 1 aromatic rings.